The summed E-state index contributed by atoms with van der Waals surface area (Å²) in [4.78, 5) is 0. The van der Waals surface area contributed by atoms with Crippen LogP contribution in [0.15, 0.2) is 24.3 Å². The standard InChI is InChI=1S/C11H14ClNO2/c12-9-3-1-2-8(6-9)10-7-14-11(15-10)4-5-13/h1-3,6,10-11H,4-5,7,13H2. The minimum absolute atomic E-state index is 0.0137. The second kappa shape index (κ2) is 4.94. The van der Waals surface area contributed by atoms with Crippen molar-refractivity contribution in [3.05, 3.63) is 34.9 Å². The molecule has 2 unspecified atom stereocenters. The van der Waals surface area contributed by atoms with Crippen molar-refractivity contribution < 1.29 is 9.47 Å². The lowest BCUT2D eigenvalue weighted by molar-refractivity contribution is -0.0606. The first-order chi connectivity index (χ1) is 7.29. The molecule has 0 spiro atoms. The van der Waals surface area contributed by atoms with E-state index in [0.29, 0.717) is 13.2 Å². The lowest BCUT2D eigenvalue weighted by Crippen LogP contribution is -2.14. The van der Waals surface area contributed by atoms with Crippen molar-refractivity contribution in [1.82, 2.24) is 0 Å². The molecule has 82 valence electrons. The van der Waals surface area contributed by atoms with Crippen LogP contribution in [0, 0.1) is 0 Å². The summed E-state index contributed by atoms with van der Waals surface area (Å²) in [7, 11) is 0. The molecule has 1 aliphatic rings. The van der Waals surface area contributed by atoms with E-state index in [-0.39, 0.29) is 12.4 Å². The summed E-state index contributed by atoms with van der Waals surface area (Å²) in [5.41, 5.74) is 6.49. The van der Waals surface area contributed by atoms with Crippen LogP contribution in [0.3, 0.4) is 0 Å². The normalized spacial score (nSPS) is 25.7. The first-order valence-electron chi connectivity index (χ1n) is 5.02. The Morgan fingerprint density at radius 2 is 2.33 bits per heavy atom. The highest BCUT2D eigenvalue weighted by Gasteiger charge is 2.26. The number of hydrogen-bond acceptors (Lipinski definition) is 3. The Morgan fingerprint density at radius 1 is 1.47 bits per heavy atom. The maximum Gasteiger partial charge on any atom is 0.159 e. The Morgan fingerprint density at radius 3 is 3.07 bits per heavy atom. The maximum atomic E-state index is 5.90. The molecular weight excluding hydrogens is 214 g/mol. The number of hydrogen-bond donors (Lipinski definition) is 1. The van der Waals surface area contributed by atoms with Crippen LogP contribution in [-0.2, 0) is 9.47 Å². The van der Waals surface area contributed by atoms with Gasteiger partial charge in [-0.15, -0.1) is 0 Å². The summed E-state index contributed by atoms with van der Waals surface area (Å²) in [5.74, 6) is 0. The van der Waals surface area contributed by atoms with Crippen LogP contribution in [0.1, 0.15) is 18.1 Å². The van der Waals surface area contributed by atoms with Crippen molar-refractivity contribution in [2.75, 3.05) is 13.2 Å². The molecule has 1 heterocycles. The first-order valence-corrected chi connectivity index (χ1v) is 5.40. The van der Waals surface area contributed by atoms with Crippen molar-refractivity contribution in [1.29, 1.82) is 0 Å². The molecule has 4 heteroatoms. The summed E-state index contributed by atoms with van der Waals surface area (Å²) < 4.78 is 11.1. The largest absolute Gasteiger partial charge is 0.350 e. The van der Waals surface area contributed by atoms with Gasteiger partial charge < -0.3 is 15.2 Å². The zero-order chi connectivity index (χ0) is 10.7. The summed E-state index contributed by atoms with van der Waals surface area (Å²) in [6.07, 6.45) is 0.552. The van der Waals surface area contributed by atoms with Gasteiger partial charge >= 0.3 is 0 Å². The summed E-state index contributed by atoms with van der Waals surface area (Å²) in [5, 5.41) is 0.721. The smallest absolute Gasteiger partial charge is 0.159 e. The molecule has 1 aliphatic heterocycles. The third kappa shape index (κ3) is 2.69. The number of rotatable bonds is 3. The Balaban J connectivity index is 2.01. The molecule has 0 aliphatic carbocycles. The Kier molecular flexibility index (Phi) is 3.59. The van der Waals surface area contributed by atoms with Gasteiger partial charge in [0.1, 0.15) is 6.10 Å². The van der Waals surface area contributed by atoms with E-state index in [1.54, 1.807) is 0 Å². The number of halogens is 1. The van der Waals surface area contributed by atoms with Gasteiger partial charge in [0.2, 0.25) is 0 Å². The molecule has 0 saturated carbocycles. The molecule has 2 atom stereocenters. The molecule has 2 rings (SSSR count). The number of nitrogens with two attached hydrogens (primary N) is 1. The molecule has 0 bridgehead atoms. The van der Waals surface area contributed by atoms with Crippen molar-refractivity contribution in [2.24, 2.45) is 5.73 Å². The predicted octanol–water partition coefficient (Wildman–Crippen LogP) is 2.10. The minimum atomic E-state index is -0.168. The summed E-state index contributed by atoms with van der Waals surface area (Å²) >= 11 is 5.90. The van der Waals surface area contributed by atoms with Crippen molar-refractivity contribution in [3.8, 4) is 0 Å². The van der Waals surface area contributed by atoms with Gasteiger partial charge in [0.25, 0.3) is 0 Å². The van der Waals surface area contributed by atoms with Crippen LogP contribution >= 0.6 is 11.6 Å². The molecule has 0 amide bonds. The Hall–Kier alpha value is -0.610. The van der Waals surface area contributed by atoms with E-state index in [1.165, 1.54) is 0 Å². The molecule has 3 nitrogen and oxygen atoms in total. The Bertz CT molecular complexity index is 332. The second-order valence-electron chi connectivity index (χ2n) is 3.52. The fraction of sp³-hybridized carbons (Fsp3) is 0.455. The van der Waals surface area contributed by atoms with Crippen LogP contribution in [0.4, 0.5) is 0 Å². The summed E-state index contributed by atoms with van der Waals surface area (Å²) in [6, 6.07) is 7.65. The first kappa shape index (κ1) is 10.9. The molecule has 2 N–H and O–H groups in total. The van der Waals surface area contributed by atoms with Crippen LogP contribution < -0.4 is 5.73 Å². The fourth-order valence-electron chi connectivity index (χ4n) is 1.63. The Labute approximate surface area is 94.1 Å². The van der Waals surface area contributed by atoms with E-state index in [4.69, 9.17) is 26.8 Å². The van der Waals surface area contributed by atoms with Gasteiger partial charge in [0.15, 0.2) is 6.29 Å². The van der Waals surface area contributed by atoms with Gasteiger partial charge in [-0.25, -0.2) is 0 Å². The van der Waals surface area contributed by atoms with Gasteiger partial charge in [-0.05, 0) is 24.2 Å². The topological polar surface area (TPSA) is 44.5 Å². The fourth-order valence-corrected chi connectivity index (χ4v) is 1.82. The quantitative estimate of drug-likeness (QED) is 0.860. The van der Waals surface area contributed by atoms with E-state index < -0.39 is 0 Å². The number of benzene rings is 1. The zero-order valence-electron chi connectivity index (χ0n) is 8.36. The lowest BCUT2D eigenvalue weighted by Gasteiger charge is -2.10. The lowest BCUT2D eigenvalue weighted by atomic mass is 10.1. The van der Waals surface area contributed by atoms with Crippen molar-refractivity contribution >= 4 is 11.6 Å². The molecular formula is C11H14ClNO2. The van der Waals surface area contributed by atoms with Gasteiger partial charge in [-0.1, -0.05) is 23.7 Å². The molecule has 15 heavy (non-hydrogen) atoms. The van der Waals surface area contributed by atoms with Gasteiger partial charge in [0, 0.05) is 11.4 Å². The average molecular weight is 228 g/mol. The highest BCUT2D eigenvalue weighted by Crippen LogP contribution is 2.28. The van der Waals surface area contributed by atoms with Crippen molar-refractivity contribution in [3.63, 3.8) is 0 Å². The average Bonchev–Trinajstić information content (AvgIpc) is 2.67. The second-order valence-corrected chi connectivity index (χ2v) is 3.96. The molecule has 1 aromatic carbocycles. The highest BCUT2D eigenvalue weighted by molar-refractivity contribution is 6.30. The monoisotopic (exact) mass is 227 g/mol. The molecule has 0 radical (unpaired) electrons. The molecule has 0 aromatic heterocycles. The highest BCUT2D eigenvalue weighted by atomic mass is 35.5. The van der Waals surface area contributed by atoms with Crippen LogP contribution in [0.5, 0.6) is 0 Å². The zero-order valence-corrected chi connectivity index (χ0v) is 9.11. The maximum absolute atomic E-state index is 5.90. The SMILES string of the molecule is NCCC1OCC(c2cccc(Cl)c2)O1. The summed E-state index contributed by atoms with van der Waals surface area (Å²) in [6.45, 7) is 1.15. The van der Waals surface area contributed by atoms with E-state index in [9.17, 15) is 0 Å². The van der Waals surface area contributed by atoms with Crippen LogP contribution in [0.2, 0.25) is 5.02 Å². The van der Waals surface area contributed by atoms with Gasteiger partial charge in [-0.2, -0.15) is 0 Å². The number of ether oxygens (including phenoxy) is 2. The molecule has 1 fully saturated rings. The van der Waals surface area contributed by atoms with Crippen molar-refractivity contribution in [2.45, 2.75) is 18.8 Å². The van der Waals surface area contributed by atoms with E-state index in [1.807, 2.05) is 24.3 Å². The molecule has 1 saturated heterocycles. The third-order valence-electron chi connectivity index (χ3n) is 2.37. The van der Waals surface area contributed by atoms with E-state index in [0.717, 1.165) is 17.0 Å². The van der Waals surface area contributed by atoms with E-state index >= 15 is 0 Å². The third-order valence-corrected chi connectivity index (χ3v) is 2.61. The van der Waals surface area contributed by atoms with Gasteiger partial charge in [-0.3, -0.25) is 0 Å². The minimum Gasteiger partial charge on any atom is -0.350 e. The van der Waals surface area contributed by atoms with Crippen LogP contribution in [0.25, 0.3) is 0 Å². The van der Waals surface area contributed by atoms with E-state index in [2.05, 4.69) is 0 Å². The predicted molar refractivity (Wildman–Crippen MR) is 58.7 cm³/mol. The van der Waals surface area contributed by atoms with Crippen LogP contribution in [-0.4, -0.2) is 19.4 Å². The molecule has 1 aromatic rings. The van der Waals surface area contributed by atoms with Gasteiger partial charge in [0.05, 0.1) is 6.61 Å².